The van der Waals surface area contributed by atoms with Gasteiger partial charge < -0.3 is 15.4 Å². The predicted octanol–water partition coefficient (Wildman–Crippen LogP) is 4.02. The van der Waals surface area contributed by atoms with Crippen LogP contribution in [-0.4, -0.2) is 23.8 Å². The van der Waals surface area contributed by atoms with Crippen molar-refractivity contribution in [2.45, 2.75) is 0 Å². The molecule has 1 aromatic heterocycles. The first-order valence-electron chi connectivity index (χ1n) is 8.74. The van der Waals surface area contributed by atoms with Gasteiger partial charge in [-0.1, -0.05) is 12.1 Å². The average Bonchev–Trinajstić information content (AvgIpc) is 2.74. The Hall–Kier alpha value is -4.00. The number of aromatic nitrogens is 1. The Morgan fingerprint density at radius 2 is 1.72 bits per heavy atom. The van der Waals surface area contributed by atoms with Gasteiger partial charge in [-0.05, 0) is 54.1 Å². The van der Waals surface area contributed by atoms with Crippen molar-refractivity contribution in [3.8, 4) is 11.5 Å². The van der Waals surface area contributed by atoms with Crippen LogP contribution in [0.15, 0.2) is 72.9 Å². The second-order valence-corrected chi connectivity index (χ2v) is 5.96. The molecule has 0 radical (unpaired) electrons. The number of rotatable bonds is 6. The summed E-state index contributed by atoms with van der Waals surface area (Å²) in [7, 11) is 1.53. The van der Waals surface area contributed by atoms with Crippen molar-refractivity contribution >= 4 is 23.6 Å². The van der Waals surface area contributed by atoms with Crippen LogP contribution in [0.1, 0.15) is 16.1 Å². The molecular formula is C22H18FN3O3. The third-order valence-electron chi connectivity index (χ3n) is 3.85. The Morgan fingerprint density at radius 1 is 1.00 bits per heavy atom. The molecule has 0 bridgehead atoms. The summed E-state index contributed by atoms with van der Waals surface area (Å²) in [5.41, 5.74) is 1.56. The van der Waals surface area contributed by atoms with Crippen LogP contribution in [0.4, 0.5) is 10.1 Å². The summed E-state index contributed by atoms with van der Waals surface area (Å²) in [5.74, 6) is 0.0663. The molecule has 7 heteroatoms. The summed E-state index contributed by atoms with van der Waals surface area (Å²) >= 11 is 0. The van der Waals surface area contributed by atoms with E-state index in [9.17, 15) is 14.0 Å². The monoisotopic (exact) mass is 391 g/mol. The Balaban J connectivity index is 1.59. The summed E-state index contributed by atoms with van der Waals surface area (Å²) in [6, 6.07) is 15.8. The first-order chi connectivity index (χ1) is 14.0. The molecule has 3 rings (SSSR count). The smallest absolute Gasteiger partial charge is 0.269 e. The molecule has 2 N–H and O–H groups in total. The first-order valence-corrected chi connectivity index (χ1v) is 8.74. The number of benzene rings is 2. The van der Waals surface area contributed by atoms with Crippen molar-refractivity contribution in [3.05, 3.63) is 90.0 Å². The van der Waals surface area contributed by atoms with E-state index in [1.54, 1.807) is 48.5 Å². The average molecular weight is 391 g/mol. The quantitative estimate of drug-likeness (QED) is 0.622. The first kappa shape index (κ1) is 19.8. The van der Waals surface area contributed by atoms with Crippen molar-refractivity contribution in [1.82, 2.24) is 10.3 Å². The number of hydrogen-bond donors (Lipinski definition) is 2. The fourth-order valence-corrected chi connectivity index (χ4v) is 2.40. The normalized spacial score (nSPS) is 10.6. The Labute approximate surface area is 167 Å². The van der Waals surface area contributed by atoms with Crippen LogP contribution in [0.25, 0.3) is 6.08 Å². The molecular weight excluding hydrogens is 373 g/mol. The summed E-state index contributed by atoms with van der Waals surface area (Å²) in [4.78, 5) is 27.6. The van der Waals surface area contributed by atoms with Gasteiger partial charge in [0.1, 0.15) is 23.0 Å². The molecule has 0 atom stereocenters. The molecule has 146 valence electrons. The Kier molecular flexibility index (Phi) is 6.32. The van der Waals surface area contributed by atoms with Crippen LogP contribution in [0.5, 0.6) is 11.5 Å². The maximum Gasteiger partial charge on any atom is 0.269 e. The van der Waals surface area contributed by atoms with Crippen LogP contribution in [0, 0.1) is 5.82 Å². The highest BCUT2D eigenvalue weighted by Crippen LogP contribution is 2.23. The van der Waals surface area contributed by atoms with Gasteiger partial charge in [0.2, 0.25) is 5.91 Å². The number of nitrogens with zero attached hydrogens (tertiary/aromatic N) is 1. The predicted molar refractivity (Wildman–Crippen MR) is 108 cm³/mol. The van der Waals surface area contributed by atoms with Gasteiger partial charge in [-0.3, -0.25) is 14.6 Å². The van der Waals surface area contributed by atoms with Crippen LogP contribution in [0.3, 0.4) is 0 Å². The highest BCUT2D eigenvalue weighted by molar-refractivity contribution is 6.01. The molecule has 0 fully saturated rings. The van der Waals surface area contributed by atoms with Crippen LogP contribution in [-0.2, 0) is 4.79 Å². The minimum absolute atomic E-state index is 0.252. The lowest BCUT2D eigenvalue weighted by molar-refractivity contribution is -0.111. The number of halogens is 1. The van der Waals surface area contributed by atoms with E-state index in [-0.39, 0.29) is 23.3 Å². The molecule has 0 saturated heterocycles. The largest absolute Gasteiger partial charge is 0.457 e. The lowest BCUT2D eigenvalue weighted by Crippen LogP contribution is -2.18. The number of carbonyl (C=O) groups excluding carboxylic acids is 2. The second-order valence-electron chi connectivity index (χ2n) is 5.96. The number of ether oxygens (including phenoxy) is 1. The summed E-state index contributed by atoms with van der Waals surface area (Å²) in [5, 5.41) is 5.23. The van der Waals surface area contributed by atoms with Crippen molar-refractivity contribution in [2.24, 2.45) is 0 Å². The zero-order valence-corrected chi connectivity index (χ0v) is 15.6. The van der Waals surface area contributed by atoms with E-state index in [0.717, 1.165) is 5.56 Å². The second kappa shape index (κ2) is 9.27. The van der Waals surface area contributed by atoms with Gasteiger partial charge in [0, 0.05) is 31.1 Å². The standard InChI is InChI=1S/C22H18FN3O3/c1-24-22(28)20-14-19(12-13-25-20)29-18-9-7-17(8-10-18)26-21(27)11-4-15-2-5-16(23)6-3-15/h2-14H,1H3,(H,24,28)(H,26,27)/b11-4+. The molecule has 6 nitrogen and oxygen atoms in total. The molecule has 29 heavy (non-hydrogen) atoms. The zero-order valence-electron chi connectivity index (χ0n) is 15.6. The lowest BCUT2D eigenvalue weighted by Gasteiger charge is -2.08. The SMILES string of the molecule is CNC(=O)c1cc(Oc2ccc(NC(=O)/C=C/c3ccc(F)cc3)cc2)ccn1. The van der Waals surface area contributed by atoms with E-state index in [0.29, 0.717) is 17.2 Å². The topological polar surface area (TPSA) is 80.3 Å². The van der Waals surface area contributed by atoms with E-state index in [4.69, 9.17) is 4.74 Å². The van der Waals surface area contributed by atoms with E-state index < -0.39 is 0 Å². The van der Waals surface area contributed by atoms with E-state index in [1.807, 2.05) is 0 Å². The number of nitrogens with one attached hydrogen (secondary N) is 2. The Morgan fingerprint density at radius 3 is 2.41 bits per heavy atom. The van der Waals surface area contributed by atoms with Crippen molar-refractivity contribution < 1.29 is 18.7 Å². The third-order valence-corrected chi connectivity index (χ3v) is 3.85. The summed E-state index contributed by atoms with van der Waals surface area (Å²) < 4.78 is 18.6. The molecule has 0 aliphatic heterocycles. The van der Waals surface area contributed by atoms with Crippen molar-refractivity contribution in [3.63, 3.8) is 0 Å². The number of hydrogen-bond acceptors (Lipinski definition) is 4. The molecule has 2 aromatic carbocycles. The lowest BCUT2D eigenvalue weighted by atomic mass is 10.2. The number of pyridine rings is 1. The van der Waals surface area contributed by atoms with Gasteiger partial charge in [-0.2, -0.15) is 0 Å². The number of anilines is 1. The molecule has 0 aliphatic rings. The fraction of sp³-hybridized carbons (Fsp3) is 0.0455. The van der Waals surface area contributed by atoms with Crippen LogP contribution in [0.2, 0.25) is 0 Å². The van der Waals surface area contributed by atoms with Gasteiger partial charge in [-0.25, -0.2) is 4.39 Å². The fourth-order valence-electron chi connectivity index (χ4n) is 2.40. The molecule has 0 spiro atoms. The molecule has 3 aromatic rings. The van der Waals surface area contributed by atoms with Gasteiger partial charge in [0.15, 0.2) is 0 Å². The van der Waals surface area contributed by atoms with E-state index >= 15 is 0 Å². The van der Waals surface area contributed by atoms with E-state index in [2.05, 4.69) is 15.6 Å². The zero-order chi connectivity index (χ0) is 20.6. The summed E-state index contributed by atoms with van der Waals surface area (Å²) in [6.45, 7) is 0. The number of amides is 2. The maximum absolute atomic E-state index is 12.9. The van der Waals surface area contributed by atoms with Gasteiger partial charge in [-0.15, -0.1) is 0 Å². The van der Waals surface area contributed by atoms with Gasteiger partial charge in [0.25, 0.3) is 5.91 Å². The minimum Gasteiger partial charge on any atom is -0.457 e. The summed E-state index contributed by atoms with van der Waals surface area (Å²) in [6.07, 6.45) is 4.45. The van der Waals surface area contributed by atoms with E-state index in [1.165, 1.54) is 37.5 Å². The maximum atomic E-state index is 12.9. The minimum atomic E-state index is -0.328. The van der Waals surface area contributed by atoms with Crippen molar-refractivity contribution in [1.29, 1.82) is 0 Å². The molecule has 0 unspecified atom stereocenters. The third kappa shape index (κ3) is 5.74. The van der Waals surface area contributed by atoms with Gasteiger partial charge >= 0.3 is 0 Å². The highest BCUT2D eigenvalue weighted by atomic mass is 19.1. The number of carbonyl (C=O) groups is 2. The molecule has 0 aliphatic carbocycles. The van der Waals surface area contributed by atoms with Crippen LogP contribution >= 0.6 is 0 Å². The Bertz CT molecular complexity index is 1030. The molecule has 0 saturated carbocycles. The van der Waals surface area contributed by atoms with Crippen molar-refractivity contribution in [2.75, 3.05) is 12.4 Å². The van der Waals surface area contributed by atoms with Crippen LogP contribution < -0.4 is 15.4 Å². The molecule has 2 amide bonds. The molecule has 1 heterocycles. The van der Waals surface area contributed by atoms with Gasteiger partial charge in [0.05, 0.1) is 0 Å². The highest BCUT2D eigenvalue weighted by Gasteiger charge is 2.07.